The largest absolute Gasteiger partial charge is 0.481 e. The van der Waals surface area contributed by atoms with Gasteiger partial charge in [0.1, 0.15) is 11.5 Å². The van der Waals surface area contributed by atoms with Gasteiger partial charge >= 0.3 is 12.1 Å². The molecular weight excluding hydrogens is 241 g/mol. The van der Waals surface area contributed by atoms with Crippen LogP contribution in [0, 0.1) is 11.3 Å². The van der Waals surface area contributed by atoms with Crippen molar-refractivity contribution in [3.8, 4) is 0 Å². The van der Waals surface area contributed by atoms with Crippen molar-refractivity contribution in [3.63, 3.8) is 0 Å². The minimum atomic E-state index is -4.59. The van der Waals surface area contributed by atoms with Gasteiger partial charge in [-0.05, 0) is 13.8 Å². The standard InChI is InChI=1S/C10H15F3O4/c1-4-16-7-6(17-7)9(3,8(14)15)5(2)10(11,12)13/h5-7H,4H2,1-3H3,(H,14,15)/t5-,6?,7?,9?/m1/s1. The molecule has 1 heterocycles. The molecule has 0 saturated carbocycles. The van der Waals surface area contributed by atoms with Crippen LogP contribution in [0.5, 0.6) is 0 Å². The molecule has 1 aliphatic rings. The summed E-state index contributed by atoms with van der Waals surface area (Å²) in [5.74, 6) is -3.54. The van der Waals surface area contributed by atoms with Crippen LogP contribution in [-0.2, 0) is 14.3 Å². The summed E-state index contributed by atoms with van der Waals surface area (Å²) < 4.78 is 47.8. The van der Waals surface area contributed by atoms with Gasteiger partial charge in [0.25, 0.3) is 0 Å². The lowest BCUT2D eigenvalue weighted by atomic mass is 9.74. The topological polar surface area (TPSA) is 59.1 Å². The van der Waals surface area contributed by atoms with Gasteiger partial charge in [-0.3, -0.25) is 4.79 Å². The maximum Gasteiger partial charge on any atom is 0.392 e. The zero-order valence-corrected chi connectivity index (χ0v) is 9.75. The van der Waals surface area contributed by atoms with Gasteiger partial charge in [-0.2, -0.15) is 13.2 Å². The number of carbonyl (C=O) groups is 1. The van der Waals surface area contributed by atoms with Crippen LogP contribution in [0.25, 0.3) is 0 Å². The van der Waals surface area contributed by atoms with Crippen LogP contribution in [0.2, 0.25) is 0 Å². The van der Waals surface area contributed by atoms with Gasteiger partial charge in [-0.25, -0.2) is 0 Å². The Balaban J connectivity index is 2.89. The minimum Gasteiger partial charge on any atom is -0.481 e. The quantitative estimate of drug-likeness (QED) is 0.765. The summed E-state index contributed by atoms with van der Waals surface area (Å²) in [6.07, 6.45) is -6.50. The molecule has 3 unspecified atom stereocenters. The van der Waals surface area contributed by atoms with Gasteiger partial charge < -0.3 is 14.6 Å². The third-order valence-corrected chi connectivity index (χ3v) is 3.22. The van der Waals surface area contributed by atoms with Gasteiger partial charge in [0, 0.05) is 6.61 Å². The van der Waals surface area contributed by atoms with E-state index in [4.69, 9.17) is 14.6 Å². The van der Waals surface area contributed by atoms with E-state index in [1.54, 1.807) is 6.92 Å². The van der Waals surface area contributed by atoms with Crippen LogP contribution in [0.15, 0.2) is 0 Å². The van der Waals surface area contributed by atoms with Crippen molar-refractivity contribution in [1.82, 2.24) is 0 Å². The van der Waals surface area contributed by atoms with Crippen molar-refractivity contribution >= 4 is 5.97 Å². The fraction of sp³-hybridized carbons (Fsp3) is 0.900. The van der Waals surface area contributed by atoms with Crippen LogP contribution < -0.4 is 0 Å². The highest BCUT2D eigenvalue weighted by Gasteiger charge is 2.65. The van der Waals surface area contributed by atoms with Crippen molar-refractivity contribution in [2.75, 3.05) is 6.61 Å². The van der Waals surface area contributed by atoms with E-state index < -0.39 is 35.9 Å². The normalized spacial score (nSPS) is 29.5. The smallest absolute Gasteiger partial charge is 0.392 e. The summed E-state index contributed by atoms with van der Waals surface area (Å²) in [6, 6.07) is 0. The number of epoxide rings is 1. The minimum absolute atomic E-state index is 0.261. The highest BCUT2D eigenvalue weighted by atomic mass is 19.4. The van der Waals surface area contributed by atoms with Crippen molar-refractivity contribution in [1.29, 1.82) is 0 Å². The van der Waals surface area contributed by atoms with Crippen LogP contribution in [0.1, 0.15) is 20.8 Å². The first-order valence-electron chi connectivity index (χ1n) is 5.22. The lowest BCUT2D eigenvalue weighted by Crippen LogP contribution is -2.46. The fourth-order valence-electron chi connectivity index (χ4n) is 1.71. The molecule has 1 rings (SSSR count). The Labute approximate surface area is 96.7 Å². The molecule has 0 aliphatic carbocycles. The number of hydrogen-bond acceptors (Lipinski definition) is 3. The molecule has 0 aromatic rings. The number of carboxylic acids is 1. The van der Waals surface area contributed by atoms with E-state index >= 15 is 0 Å². The molecule has 1 saturated heterocycles. The molecule has 7 heteroatoms. The van der Waals surface area contributed by atoms with E-state index in [1.165, 1.54) is 0 Å². The lowest BCUT2D eigenvalue weighted by Gasteiger charge is -2.31. The van der Waals surface area contributed by atoms with Crippen LogP contribution in [0.4, 0.5) is 13.2 Å². The van der Waals surface area contributed by atoms with Gasteiger partial charge in [-0.1, -0.05) is 6.92 Å². The van der Waals surface area contributed by atoms with Crippen molar-refractivity contribution in [2.24, 2.45) is 11.3 Å². The number of carboxylic acid groups (broad SMARTS) is 1. The second kappa shape index (κ2) is 4.45. The van der Waals surface area contributed by atoms with Crippen LogP contribution in [-0.4, -0.2) is 36.3 Å². The number of halogens is 3. The first-order valence-corrected chi connectivity index (χ1v) is 5.22. The van der Waals surface area contributed by atoms with Crippen LogP contribution in [0.3, 0.4) is 0 Å². The van der Waals surface area contributed by atoms with Gasteiger partial charge in [0.15, 0.2) is 6.29 Å². The van der Waals surface area contributed by atoms with E-state index in [-0.39, 0.29) is 6.61 Å². The van der Waals surface area contributed by atoms with E-state index in [1.807, 2.05) is 0 Å². The third-order valence-electron chi connectivity index (χ3n) is 3.22. The molecule has 0 amide bonds. The average Bonchev–Trinajstić information content (AvgIpc) is 2.94. The lowest BCUT2D eigenvalue weighted by molar-refractivity contribution is -0.211. The van der Waals surface area contributed by atoms with Gasteiger partial charge in [0.05, 0.1) is 5.92 Å². The Morgan fingerprint density at radius 2 is 2.06 bits per heavy atom. The first-order chi connectivity index (χ1) is 7.65. The molecule has 0 aromatic carbocycles. The summed E-state index contributed by atoms with van der Waals surface area (Å²) in [7, 11) is 0. The Morgan fingerprint density at radius 1 is 1.53 bits per heavy atom. The molecular formula is C10H15F3O4. The number of rotatable bonds is 5. The number of alkyl halides is 3. The Kier molecular flexibility index (Phi) is 3.73. The molecule has 0 radical (unpaired) electrons. The van der Waals surface area contributed by atoms with E-state index in [9.17, 15) is 18.0 Å². The maximum absolute atomic E-state index is 12.6. The molecule has 4 nitrogen and oxygen atoms in total. The highest BCUT2D eigenvalue weighted by Crippen LogP contribution is 2.49. The number of aliphatic carboxylic acids is 1. The molecule has 1 N–H and O–H groups in total. The molecule has 0 spiro atoms. The Morgan fingerprint density at radius 3 is 2.41 bits per heavy atom. The van der Waals surface area contributed by atoms with E-state index in [2.05, 4.69) is 0 Å². The number of hydrogen-bond donors (Lipinski definition) is 1. The molecule has 17 heavy (non-hydrogen) atoms. The zero-order valence-electron chi connectivity index (χ0n) is 9.75. The third kappa shape index (κ3) is 2.55. The first kappa shape index (κ1) is 14.2. The summed E-state index contributed by atoms with van der Waals surface area (Å²) >= 11 is 0. The second-order valence-electron chi connectivity index (χ2n) is 4.23. The molecule has 1 aliphatic heterocycles. The Bertz CT molecular complexity index is 304. The summed E-state index contributed by atoms with van der Waals surface area (Å²) in [5.41, 5.74) is -2.03. The zero-order chi connectivity index (χ0) is 13.4. The SMILES string of the molecule is CCOC1OC1C(C)(C(=O)O)[C@@H](C)C(F)(F)F. The van der Waals surface area contributed by atoms with Gasteiger partial charge in [0.2, 0.25) is 0 Å². The van der Waals surface area contributed by atoms with Crippen molar-refractivity contribution in [3.05, 3.63) is 0 Å². The van der Waals surface area contributed by atoms with Crippen molar-refractivity contribution in [2.45, 2.75) is 39.3 Å². The molecule has 0 bridgehead atoms. The molecule has 100 valence electrons. The molecule has 4 atom stereocenters. The fourth-order valence-corrected chi connectivity index (χ4v) is 1.71. The average molecular weight is 256 g/mol. The predicted octanol–water partition coefficient (Wildman–Crippen LogP) is 2.04. The van der Waals surface area contributed by atoms with Crippen LogP contribution >= 0.6 is 0 Å². The van der Waals surface area contributed by atoms with E-state index in [0.29, 0.717) is 0 Å². The predicted molar refractivity (Wildman–Crippen MR) is 51.2 cm³/mol. The molecule has 1 fully saturated rings. The monoisotopic (exact) mass is 256 g/mol. The summed E-state index contributed by atoms with van der Waals surface area (Å²) in [5, 5.41) is 9.03. The van der Waals surface area contributed by atoms with E-state index in [0.717, 1.165) is 13.8 Å². The van der Waals surface area contributed by atoms with Crippen molar-refractivity contribution < 1.29 is 32.5 Å². The molecule has 0 aromatic heterocycles. The highest BCUT2D eigenvalue weighted by molar-refractivity contribution is 5.76. The Hall–Kier alpha value is -0.820. The van der Waals surface area contributed by atoms with Gasteiger partial charge in [-0.15, -0.1) is 0 Å². The summed E-state index contributed by atoms with van der Waals surface area (Å²) in [6.45, 7) is 3.80. The maximum atomic E-state index is 12.6. The second-order valence-corrected chi connectivity index (χ2v) is 4.23. The number of ether oxygens (including phenoxy) is 2. The summed E-state index contributed by atoms with van der Waals surface area (Å²) in [4.78, 5) is 11.1.